The Bertz CT molecular complexity index is 535. The third-order valence-corrected chi connectivity index (χ3v) is 5.18. The van der Waals surface area contributed by atoms with Crippen LogP contribution in [0.3, 0.4) is 0 Å². The van der Waals surface area contributed by atoms with Crippen LogP contribution < -0.4 is 5.32 Å². The summed E-state index contributed by atoms with van der Waals surface area (Å²) in [5, 5.41) is 3.09. The van der Waals surface area contributed by atoms with Gasteiger partial charge in [-0.25, -0.2) is 0 Å². The predicted octanol–water partition coefficient (Wildman–Crippen LogP) is 1.48. The third kappa shape index (κ3) is 4.56. The Hall–Kier alpha value is -1.43. The minimum atomic E-state index is 0.0271. The molecule has 1 aromatic rings. The fourth-order valence-electron chi connectivity index (χ4n) is 3.46. The molecule has 3 rings (SSSR count). The zero-order valence-corrected chi connectivity index (χ0v) is 14.7. The summed E-state index contributed by atoms with van der Waals surface area (Å²) in [5.74, 6) is 0.151. The molecule has 2 heterocycles. The number of nitrogens with one attached hydrogen (secondary N) is 1. The van der Waals surface area contributed by atoms with E-state index in [4.69, 9.17) is 4.74 Å². The Morgan fingerprint density at radius 1 is 1.17 bits per heavy atom. The summed E-state index contributed by atoms with van der Waals surface area (Å²) in [6, 6.07) is 8.46. The number of ether oxygens (including phenoxy) is 1. The first-order valence-corrected chi connectivity index (χ1v) is 9.13. The van der Waals surface area contributed by atoms with Gasteiger partial charge in [-0.15, -0.1) is 0 Å². The molecular weight excluding hydrogens is 302 g/mol. The summed E-state index contributed by atoms with van der Waals surface area (Å²) in [6.07, 6.45) is 0.842. The topological polar surface area (TPSA) is 44.8 Å². The minimum absolute atomic E-state index is 0.0271. The number of likely N-dealkylation sites (N-methyl/N-ethyl adjacent to an activating group) is 1. The highest BCUT2D eigenvalue weighted by Gasteiger charge is 2.23. The van der Waals surface area contributed by atoms with Crippen LogP contribution >= 0.6 is 0 Å². The van der Waals surface area contributed by atoms with E-state index in [9.17, 15) is 4.79 Å². The van der Waals surface area contributed by atoms with Crippen molar-refractivity contribution in [3.63, 3.8) is 0 Å². The number of carbonyl (C=O) groups is 1. The van der Waals surface area contributed by atoms with Crippen molar-refractivity contribution in [1.82, 2.24) is 15.1 Å². The van der Waals surface area contributed by atoms with E-state index in [2.05, 4.69) is 46.3 Å². The molecule has 2 fully saturated rings. The molecule has 2 aliphatic rings. The Labute approximate surface area is 145 Å². The third-order valence-electron chi connectivity index (χ3n) is 5.18. The summed E-state index contributed by atoms with van der Waals surface area (Å²) in [4.78, 5) is 17.2. The molecule has 1 amide bonds. The van der Waals surface area contributed by atoms with Crippen LogP contribution in [0.5, 0.6) is 0 Å². The second-order valence-corrected chi connectivity index (χ2v) is 6.76. The lowest BCUT2D eigenvalue weighted by Crippen LogP contribution is -2.45. The second-order valence-electron chi connectivity index (χ2n) is 6.76. The number of piperazine rings is 1. The van der Waals surface area contributed by atoms with Crippen molar-refractivity contribution in [1.29, 1.82) is 0 Å². The lowest BCUT2D eigenvalue weighted by Gasteiger charge is -2.34. The zero-order valence-electron chi connectivity index (χ0n) is 14.7. The van der Waals surface area contributed by atoms with Crippen molar-refractivity contribution < 1.29 is 9.53 Å². The Morgan fingerprint density at radius 3 is 2.54 bits per heavy atom. The monoisotopic (exact) mass is 331 g/mol. The first kappa shape index (κ1) is 17.4. The molecule has 0 spiro atoms. The number of amides is 1. The van der Waals surface area contributed by atoms with Gasteiger partial charge in [0.15, 0.2) is 0 Å². The molecule has 0 bridgehead atoms. The average Bonchev–Trinajstić information content (AvgIpc) is 3.16. The Morgan fingerprint density at radius 2 is 1.88 bits per heavy atom. The van der Waals surface area contributed by atoms with E-state index in [1.165, 1.54) is 11.1 Å². The van der Waals surface area contributed by atoms with Gasteiger partial charge in [-0.3, -0.25) is 9.69 Å². The Balaban J connectivity index is 1.54. The van der Waals surface area contributed by atoms with E-state index in [0.717, 1.165) is 45.7 Å². The molecule has 5 heteroatoms. The number of rotatable bonds is 6. The van der Waals surface area contributed by atoms with Gasteiger partial charge in [0, 0.05) is 45.9 Å². The zero-order chi connectivity index (χ0) is 16.8. The highest BCUT2D eigenvalue weighted by atomic mass is 16.5. The van der Waals surface area contributed by atoms with Crippen LogP contribution in [0.25, 0.3) is 0 Å². The first-order chi connectivity index (χ1) is 11.8. The van der Waals surface area contributed by atoms with E-state index < -0.39 is 0 Å². The van der Waals surface area contributed by atoms with Crippen molar-refractivity contribution in [3.8, 4) is 0 Å². The van der Waals surface area contributed by atoms with Gasteiger partial charge >= 0.3 is 0 Å². The van der Waals surface area contributed by atoms with Gasteiger partial charge in [0.2, 0.25) is 5.91 Å². The van der Waals surface area contributed by atoms with E-state index in [0.29, 0.717) is 19.8 Å². The maximum atomic E-state index is 12.2. The normalized spacial score (nSPS) is 22.6. The molecule has 132 valence electrons. The molecule has 1 unspecified atom stereocenters. The molecule has 0 aliphatic carbocycles. The fraction of sp³-hybridized carbons (Fsp3) is 0.632. The van der Waals surface area contributed by atoms with Crippen molar-refractivity contribution in [3.05, 3.63) is 35.4 Å². The predicted molar refractivity (Wildman–Crippen MR) is 94.6 cm³/mol. The molecule has 24 heavy (non-hydrogen) atoms. The Kier molecular flexibility index (Phi) is 6.24. The van der Waals surface area contributed by atoms with Crippen LogP contribution in [0.1, 0.15) is 24.5 Å². The summed E-state index contributed by atoms with van der Waals surface area (Å²) in [5.41, 5.74) is 2.55. The van der Waals surface area contributed by atoms with Crippen molar-refractivity contribution >= 4 is 5.91 Å². The molecule has 0 saturated carbocycles. The smallest absolute Gasteiger partial charge is 0.225 e. The van der Waals surface area contributed by atoms with Crippen molar-refractivity contribution in [2.24, 2.45) is 5.92 Å². The number of hydrogen-bond acceptors (Lipinski definition) is 4. The molecule has 1 atom stereocenters. The molecule has 2 aliphatic heterocycles. The molecule has 1 aromatic carbocycles. The maximum absolute atomic E-state index is 12.2. The number of nitrogens with zero attached hydrogens (tertiary/aromatic N) is 2. The summed E-state index contributed by atoms with van der Waals surface area (Å²) >= 11 is 0. The van der Waals surface area contributed by atoms with E-state index in [1.54, 1.807) is 0 Å². The summed E-state index contributed by atoms with van der Waals surface area (Å²) in [6.45, 7) is 10.8. The van der Waals surface area contributed by atoms with Gasteiger partial charge in [-0.2, -0.15) is 0 Å². The van der Waals surface area contributed by atoms with Crippen LogP contribution in [0, 0.1) is 5.92 Å². The molecule has 0 aromatic heterocycles. The molecular formula is C19H29N3O2. The van der Waals surface area contributed by atoms with Gasteiger partial charge in [0.25, 0.3) is 0 Å². The van der Waals surface area contributed by atoms with Gasteiger partial charge in [0.05, 0.1) is 12.5 Å². The summed E-state index contributed by atoms with van der Waals surface area (Å²) < 4.78 is 5.30. The van der Waals surface area contributed by atoms with Crippen LogP contribution in [-0.2, 0) is 22.6 Å². The standard InChI is InChI=1S/C19H29N3O2/c1-2-21-8-10-22(11-9-21)14-17-6-4-3-5-16(17)13-20-19(23)18-7-12-24-15-18/h3-6,18H,2,7-15H2,1H3,(H,20,23). The number of benzene rings is 1. The van der Waals surface area contributed by atoms with Gasteiger partial charge in [-0.05, 0) is 24.1 Å². The molecule has 5 nitrogen and oxygen atoms in total. The van der Waals surface area contributed by atoms with Gasteiger partial charge < -0.3 is 15.0 Å². The number of carbonyl (C=O) groups excluding carboxylic acids is 1. The van der Waals surface area contributed by atoms with Crippen LogP contribution in [0.4, 0.5) is 0 Å². The van der Waals surface area contributed by atoms with Crippen molar-refractivity contribution in [2.75, 3.05) is 45.9 Å². The van der Waals surface area contributed by atoms with Crippen LogP contribution in [0.15, 0.2) is 24.3 Å². The SMILES string of the molecule is CCN1CCN(Cc2ccccc2CNC(=O)C2CCOC2)CC1. The van der Waals surface area contributed by atoms with E-state index in [1.807, 2.05) is 0 Å². The maximum Gasteiger partial charge on any atom is 0.225 e. The van der Waals surface area contributed by atoms with E-state index >= 15 is 0 Å². The molecule has 2 saturated heterocycles. The second kappa shape index (κ2) is 8.60. The van der Waals surface area contributed by atoms with E-state index in [-0.39, 0.29) is 11.8 Å². The largest absolute Gasteiger partial charge is 0.381 e. The molecule has 0 radical (unpaired) electrons. The average molecular weight is 331 g/mol. The van der Waals surface area contributed by atoms with Gasteiger partial charge in [0.1, 0.15) is 0 Å². The quantitative estimate of drug-likeness (QED) is 0.858. The molecule has 1 N–H and O–H groups in total. The lowest BCUT2D eigenvalue weighted by molar-refractivity contribution is -0.125. The highest BCUT2D eigenvalue weighted by Crippen LogP contribution is 2.15. The minimum Gasteiger partial charge on any atom is -0.381 e. The summed E-state index contributed by atoms with van der Waals surface area (Å²) in [7, 11) is 0. The van der Waals surface area contributed by atoms with Crippen molar-refractivity contribution in [2.45, 2.75) is 26.4 Å². The van der Waals surface area contributed by atoms with Crippen LogP contribution in [-0.4, -0.2) is 61.6 Å². The van der Waals surface area contributed by atoms with Crippen LogP contribution in [0.2, 0.25) is 0 Å². The van der Waals surface area contributed by atoms with Gasteiger partial charge in [-0.1, -0.05) is 31.2 Å². The number of hydrogen-bond donors (Lipinski definition) is 1. The fourth-order valence-corrected chi connectivity index (χ4v) is 3.46. The first-order valence-electron chi connectivity index (χ1n) is 9.13. The highest BCUT2D eigenvalue weighted by molar-refractivity contribution is 5.79. The lowest BCUT2D eigenvalue weighted by atomic mass is 10.1.